The standard InChI is InChI=1S/C19H23N5O2/c20-9-16-2-1-3-17(8-16)10-23-6-7-25-13-19(12-23)5-4-18(26-19)11-24-15-21-14-22-24/h1-3,8,14-15,18H,4-7,10-13H2. The molecule has 26 heavy (non-hydrogen) atoms. The fourth-order valence-electron chi connectivity index (χ4n) is 3.90. The van der Waals surface area contributed by atoms with E-state index in [2.05, 4.69) is 27.1 Å². The summed E-state index contributed by atoms with van der Waals surface area (Å²) in [5.41, 5.74) is 1.60. The molecule has 2 aliphatic rings. The summed E-state index contributed by atoms with van der Waals surface area (Å²) in [5, 5.41) is 13.3. The lowest BCUT2D eigenvalue weighted by Gasteiger charge is -2.32. The zero-order valence-electron chi connectivity index (χ0n) is 14.8. The maximum Gasteiger partial charge on any atom is 0.137 e. The van der Waals surface area contributed by atoms with Crippen molar-refractivity contribution in [3.05, 3.63) is 48.0 Å². The molecule has 1 aromatic carbocycles. The molecule has 2 aliphatic heterocycles. The quantitative estimate of drug-likeness (QED) is 0.831. The van der Waals surface area contributed by atoms with Crippen LogP contribution >= 0.6 is 0 Å². The average molecular weight is 353 g/mol. The number of nitrogens with zero attached hydrogens (tertiary/aromatic N) is 5. The molecule has 4 rings (SSSR count). The highest BCUT2D eigenvalue weighted by Gasteiger charge is 2.43. The normalized spacial score (nSPS) is 26.7. The van der Waals surface area contributed by atoms with E-state index < -0.39 is 0 Å². The molecule has 1 spiro atoms. The molecule has 0 bridgehead atoms. The summed E-state index contributed by atoms with van der Waals surface area (Å²) in [6, 6.07) is 10.0. The third-order valence-corrected chi connectivity index (χ3v) is 5.09. The van der Waals surface area contributed by atoms with Crippen LogP contribution in [-0.4, -0.2) is 57.7 Å². The lowest BCUT2D eigenvalue weighted by molar-refractivity contribution is -0.0905. The van der Waals surface area contributed by atoms with Crippen LogP contribution in [0, 0.1) is 11.3 Å². The number of hydrogen-bond acceptors (Lipinski definition) is 6. The van der Waals surface area contributed by atoms with Gasteiger partial charge in [0, 0.05) is 19.6 Å². The van der Waals surface area contributed by atoms with Crippen molar-refractivity contribution in [1.29, 1.82) is 5.26 Å². The lowest BCUT2D eigenvalue weighted by atomic mass is 9.99. The summed E-state index contributed by atoms with van der Waals surface area (Å²) in [7, 11) is 0. The van der Waals surface area contributed by atoms with Gasteiger partial charge in [-0.3, -0.25) is 9.58 Å². The van der Waals surface area contributed by atoms with Crippen molar-refractivity contribution in [3.8, 4) is 6.07 Å². The number of aromatic nitrogens is 3. The van der Waals surface area contributed by atoms with E-state index in [1.165, 1.54) is 0 Å². The fraction of sp³-hybridized carbons (Fsp3) is 0.526. The predicted octanol–water partition coefficient (Wildman–Crippen LogP) is 1.60. The predicted molar refractivity (Wildman–Crippen MR) is 94.1 cm³/mol. The number of benzene rings is 1. The fourth-order valence-corrected chi connectivity index (χ4v) is 3.90. The maximum atomic E-state index is 9.10. The summed E-state index contributed by atoms with van der Waals surface area (Å²) in [6.07, 6.45) is 5.41. The molecule has 0 amide bonds. The number of ether oxygens (including phenoxy) is 2. The van der Waals surface area contributed by atoms with Crippen LogP contribution in [0.2, 0.25) is 0 Å². The zero-order chi connectivity index (χ0) is 17.8. The number of nitriles is 1. The summed E-state index contributed by atoms with van der Waals surface area (Å²) < 4.78 is 14.1. The topological polar surface area (TPSA) is 76.2 Å². The summed E-state index contributed by atoms with van der Waals surface area (Å²) >= 11 is 0. The summed E-state index contributed by atoms with van der Waals surface area (Å²) in [4.78, 5) is 6.37. The molecule has 2 aromatic rings. The molecule has 136 valence electrons. The SMILES string of the molecule is N#Cc1cccc(CN2CCOCC3(CCC(Cn4cncn4)O3)C2)c1. The van der Waals surface area contributed by atoms with E-state index in [9.17, 15) is 0 Å². The van der Waals surface area contributed by atoms with E-state index >= 15 is 0 Å². The van der Waals surface area contributed by atoms with E-state index in [1.807, 2.05) is 22.9 Å². The summed E-state index contributed by atoms with van der Waals surface area (Å²) in [6.45, 7) is 4.59. The first-order valence-electron chi connectivity index (χ1n) is 9.04. The van der Waals surface area contributed by atoms with Crippen molar-refractivity contribution >= 4 is 0 Å². The van der Waals surface area contributed by atoms with E-state index in [1.54, 1.807) is 12.7 Å². The van der Waals surface area contributed by atoms with Crippen LogP contribution in [0.5, 0.6) is 0 Å². The van der Waals surface area contributed by atoms with Gasteiger partial charge in [-0.25, -0.2) is 4.98 Å². The highest BCUT2D eigenvalue weighted by molar-refractivity contribution is 5.32. The van der Waals surface area contributed by atoms with Gasteiger partial charge in [0.1, 0.15) is 18.3 Å². The van der Waals surface area contributed by atoms with E-state index in [0.717, 1.165) is 44.6 Å². The van der Waals surface area contributed by atoms with Gasteiger partial charge in [-0.1, -0.05) is 12.1 Å². The maximum absolute atomic E-state index is 9.10. The monoisotopic (exact) mass is 353 g/mol. The molecule has 0 radical (unpaired) electrons. The van der Waals surface area contributed by atoms with Crippen LogP contribution in [0.3, 0.4) is 0 Å². The second kappa shape index (κ2) is 7.54. The van der Waals surface area contributed by atoms with Crippen LogP contribution in [0.4, 0.5) is 0 Å². The molecule has 2 saturated heterocycles. The van der Waals surface area contributed by atoms with Crippen molar-refractivity contribution in [1.82, 2.24) is 19.7 Å². The van der Waals surface area contributed by atoms with Crippen LogP contribution in [-0.2, 0) is 22.6 Å². The Balaban J connectivity index is 1.42. The Labute approximate surface area is 153 Å². The molecule has 0 aliphatic carbocycles. The molecular weight excluding hydrogens is 330 g/mol. The van der Waals surface area contributed by atoms with E-state index in [-0.39, 0.29) is 11.7 Å². The molecule has 7 heteroatoms. The smallest absolute Gasteiger partial charge is 0.137 e. The Morgan fingerprint density at radius 2 is 2.35 bits per heavy atom. The highest BCUT2D eigenvalue weighted by Crippen LogP contribution is 2.34. The average Bonchev–Trinajstić information content (AvgIpc) is 3.25. The van der Waals surface area contributed by atoms with Gasteiger partial charge in [0.05, 0.1) is 37.5 Å². The van der Waals surface area contributed by atoms with Gasteiger partial charge in [-0.2, -0.15) is 10.4 Å². The van der Waals surface area contributed by atoms with Gasteiger partial charge in [-0.15, -0.1) is 0 Å². The van der Waals surface area contributed by atoms with Gasteiger partial charge >= 0.3 is 0 Å². The van der Waals surface area contributed by atoms with Crippen molar-refractivity contribution < 1.29 is 9.47 Å². The number of hydrogen-bond donors (Lipinski definition) is 0. The Kier molecular flexibility index (Phi) is 4.98. The Bertz CT molecular complexity index is 772. The Hall–Kier alpha value is -2.27. The van der Waals surface area contributed by atoms with Crippen LogP contribution in [0.25, 0.3) is 0 Å². The Morgan fingerprint density at radius 3 is 3.19 bits per heavy atom. The molecule has 2 fully saturated rings. The molecule has 7 nitrogen and oxygen atoms in total. The third kappa shape index (κ3) is 3.93. The minimum absolute atomic E-state index is 0.141. The molecular formula is C19H23N5O2. The van der Waals surface area contributed by atoms with Crippen LogP contribution < -0.4 is 0 Å². The van der Waals surface area contributed by atoms with Crippen LogP contribution in [0.15, 0.2) is 36.9 Å². The number of rotatable bonds is 4. The first-order valence-corrected chi connectivity index (χ1v) is 9.04. The third-order valence-electron chi connectivity index (χ3n) is 5.09. The molecule has 0 N–H and O–H groups in total. The van der Waals surface area contributed by atoms with Crippen molar-refractivity contribution in [3.63, 3.8) is 0 Å². The second-order valence-corrected chi connectivity index (χ2v) is 7.15. The second-order valence-electron chi connectivity index (χ2n) is 7.15. The first kappa shape index (κ1) is 17.2. The van der Waals surface area contributed by atoms with Gasteiger partial charge in [0.25, 0.3) is 0 Å². The lowest BCUT2D eigenvalue weighted by Crippen LogP contribution is -2.44. The highest BCUT2D eigenvalue weighted by atomic mass is 16.6. The molecule has 3 heterocycles. The van der Waals surface area contributed by atoms with Gasteiger partial charge in [-0.05, 0) is 30.5 Å². The largest absolute Gasteiger partial charge is 0.377 e. The van der Waals surface area contributed by atoms with Gasteiger partial charge < -0.3 is 9.47 Å². The summed E-state index contributed by atoms with van der Waals surface area (Å²) in [5.74, 6) is 0. The van der Waals surface area contributed by atoms with Crippen molar-refractivity contribution in [2.75, 3.05) is 26.3 Å². The van der Waals surface area contributed by atoms with Gasteiger partial charge in [0.2, 0.25) is 0 Å². The molecule has 2 unspecified atom stereocenters. The Morgan fingerprint density at radius 1 is 1.38 bits per heavy atom. The van der Waals surface area contributed by atoms with Crippen LogP contribution in [0.1, 0.15) is 24.0 Å². The minimum Gasteiger partial charge on any atom is -0.377 e. The van der Waals surface area contributed by atoms with Crippen molar-refractivity contribution in [2.24, 2.45) is 0 Å². The van der Waals surface area contributed by atoms with E-state index in [4.69, 9.17) is 14.7 Å². The minimum atomic E-state index is -0.255. The van der Waals surface area contributed by atoms with E-state index in [0.29, 0.717) is 18.8 Å². The molecule has 0 saturated carbocycles. The molecule has 2 atom stereocenters. The van der Waals surface area contributed by atoms with Gasteiger partial charge in [0.15, 0.2) is 0 Å². The zero-order valence-corrected chi connectivity index (χ0v) is 14.8. The van der Waals surface area contributed by atoms with Crippen molar-refractivity contribution in [2.45, 2.75) is 37.6 Å². The first-order chi connectivity index (χ1) is 12.7. The molecule has 1 aromatic heterocycles.